The fourth-order valence-electron chi connectivity index (χ4n) is 2.63. The van der Waals surface area contributed by atoms with Crippen molar-refractivity contribution in [3.8, 4) is 0 Å². The zero-order valence-corrected chi connectivity index (χ0v) is 13.5. The molecule has 1 aliphatic heterocycles. The second-order valence-corrected chi connectivity index (χ2v) is 6.29. The Balaban J connectivity index is 2.22. The molecule has 1 amide bonds. The van der Waals surface area contributed by atoms with E-state index in [0.717, 1.165) is 12.0 Å². The van der Waals surface area contributed by atoms with Gasteiger partial charge in [0, 0.05) is 13.2 Å². The molecular weight excluding hydrogens is 272 g/mol. The Bertz CT molecular complexity index is 449. The lowest BCUT2D eigenvalue weighted by Crippen LogP contribution is -2.43. The molecule has 1 saturated heterocycles. The van der Waals surface area contributed by atoms with Crippen LogP contribution in [0, 0.1) is 0 Å². The number of hydrogen-bond acceptors (Lipinski definition) is 4. The maximum absolute atomic E-state index is 12.7. The lowest BCUT2D eigenvalue weighted by atomic mass is 9.99. The van der Waals surface area contributed by atoms with Gasteiger partial charge in [0.1, 0.15) is 6.17 Å². The molecule has 1 aliphatic rings. The molecule has 0 bridgehead atoms. The average Bonchev–Trinajstić information content (AvgIpc) is 3.02. The molecule has 4 nitrogen and oxygen atoms in total. The molecule has 1 aromatic rings. The van der Waals surface area contributed by atoms with E-state index in [1.165, 1.54) is 0 Å². The molecule has 0 saturated carbocycles. The first-order valence-electron chi connectivity index (χ1n) is 7.24. The van der Waals surface area contributed by atoms with E-state index in [2.05, 4.69) is 16.8 Å². The predicted octanol–water partition coefficient (Wildman–Crippen LogP) is 2.77. The topological polar surface area (TPSA) is 41.6 Å². The second kappa shape index (κ2) is 6.24. The molecule has 0 radical (unpaired) electrons. The van der Waals surface area contributed by atoms with Gasteiger partial charge in [-0.3, -0.25) is 10.1 Å². The van der Waals surface area contributed by atoms with Crippen molar-refractivity contribution in [1.29, 1.82) is 0 Å². The van der Waals surface area contributed by atoms with Crippen LogP contribution in [-0.2, 0) is 9.53 Å². The Morgan fingerprint density at radius 1 is 1.55 bits per heavy atom. The van der Waals surface area contributed by atoms with E-state index in [-0.39, 0.29) is 18.2 Å². The van der Waals surface area contributed by atoms with Crippen LogP contribution in [0.2, 0.25) is 0 Å². The van der Waals surface area contributed by atoms with Crippen LogP contribution in [0.3, 0.4) is 0 Å². The van der Waals surface area contributed by atoms with E-state index in [0.29, 0.717) is 13.2 Å². The normalized spacial score (nSPS) is 28.1. The Morgan fingerprint density at radius 2 is 2.30 bits per heavy atom. The summed E-state index contributed by atoms with van der Waals surface area (Å²) >= 11 is 1.66. The molecule has 20 heavy (non-hydrogen) atoms. The number of carbonyl (C=O) groups excluding carboxylic acids is 1. The standard InChI is InChI=1S/C15H24N2O2S/c1-5-15(4)14(18)17(9-11(3)19-6-2)13(16-15)12-7-8-20-10-12/h7-8,10-11,13,16H,5-6,9H2,1-4H3. The number of thiophene rings is 1. The molecule has 0 aromatic carbocycles. The summed E-state index contributed by atoms with van der Waals surface area (Å²) in [4.78, 5) is 14.6. The Morgan fingerprint density at radius 3 is 2.85 bits per heavy atom. The number of rotatable bonds is 6. The van der Waals surface area contributed by atoms with Crippen molar-refractivity contribution in [2.45, 2.75) is 51.9 Å². The molecular formula is C15H24N2O2S. The Hall–Kier alpha value is -0.910. The van der Waals surface area contributed by atoms with Gasteiger partial charge >= 0.3 is 0 Å². The number of nitrogens with zero attached hydrogens (tertiary/aromatic N) is 1. The predicted molar refractivity (Wildman–Crippen MR) is 81.7 cm³/mol. The molecule has 5 heteroatoms. The van der Waals surface area contributed by atoms with Gasteiger partial charge in [-0.15, -0.1) is 0 Å². The summed E-state index contributed by atoms with van der Waals surface area (Å²) < 4.78 is 5.60. The van der Waals surface area contributed by atoms with Crippen molar-refractivity contribution in [2.75, 3.05) is 13.2 Å². The Kier molecular flexibility index (Phi) is 4.83. The smallest absolute Gasteiger partial charge is 0.244 e. The van der Waals surface area contributed by atoms with E-state index in [4.69, 9.17) is 4.74 Å². The minimum Gasteiger partial charge on any atom is -0.377 e. The highest BCUT2D eigenvalue weighted by Gasteiger charge is 2.47. The third kappa shape index (κ3) is 2.90. The monoisotopic (exact) mass is 296 g/mol. The van der Waals surface area contributed by atoms with E-state index >= 15 is 0 Å². The fraction of sp³-hybridized carbons (Fsp3) is 0.667. The molecule has 1 N–H and O–H groups in total. The molecule has 2 heterocycles. The molecule has 1 fully saturated rings. The highest BCUT2D eigenvalue weighted by molar-refractivity contribution is 7.07. The molecule has 3 atom stereocenters. The van der Waals surface area contributed by atoms with Crippen LogP contribution < -0.4 is 5.32 Å². The summed E-state index contributed by atoms with van der Waals surface area (Å²) in [7, 11) is 0. The lowest BCUT2D eigenvalue weighted by molar-refractivity contribution is -0.134. The van der Waals surface area contributed by atoms with Crippen molar-refractivity contribution in [2.24, 2.45) is 0 Å². The van der Waals surface area contributed by atoms with Gasteiger partial charge in [-0.1, -0.05) is 6.92 Å². The quantitative estimate of drug-likeness (QED) is 0.877. The van der Waals surface area contributed by atoms with Crippen molar-refractivity contribution in [3.05, 3.63) is 22.4 Å². The van der Waals surface area contributed by atoms with Gasteiger partial charge in [-0.2, -0.15) is 11.3 Å². The van der Waals surface area contributed by atoms with E-state index < -0.39 is 5.54 Å². The van der Waals surface area contributed by atoms with Crippen LogP contribution in [0.25, 0.3) is 0 Å². The van der Waals surface area contributed by atoms with Crippen LogP contribution in [-0.4, -0.2) is 35.6 Å². The minimum absolute atomic E-state index is 0.0402. The fourth-order valence-corrected chi connectivity index (χ4v) is 3.30. The van der Waals surface area contributed by atoms with Crippen molar-refractivity contribution >= 4 is 17.2 Å². The van der Waals surface area contributed by atoms with E-state index in [1.807, 2.05) is 38.0 Å². The third-order valence-corrected chi connectivity index (χ3v) is 4.67. The van der Waals surface area contributed by atoms with Crippen molar-refractivity contribution in [3.63, 3.8) is 0 Å². The maximum atomic E-state index is 12.7. The number of ether oxygens (including phenoxy) is 1. The first kappa shape index (κ1) is 15.5. The van der Waals surface area contributed by atoms with Gasteiger partial charge in [0.2, 0.25) is 5.91 Å². The lowest BCUT2D eigenvalue weighted by Gasteiger charge is -2.26. The molecule has 0 aliphatic carbocycles. The highest BCUT2D eigenvalue weighted by atomic mass is 32.1. The number of nitrogens with one attached hydrogen (secondary N) is 1. The minimum atomic E-state index is -0.474. The summed E-state index contributed by atoms with van der Waals surface area (Å²) in [6, 6.07) is 2.08. The summed E-state index contributed by atoms with van der Waals surface area (Å²) in [6.07, 6.45) is 0.791. The number of carbonyl (C=O) groups is 1. The van der Waals surface area contributed by atoms with E-state index in [9.17, 15) is 4.79 Å². The zero-order chi connectivity index (χ0) is 14.8. The second-order valence-electron chi connectivity index (χ2n) is 5.51. The third-order valence-electron chi connectivity index (χ3n) is 3.97. The summed E-state index contributed by atoms with van der Waals surface area (Å²) in [5.41, 5.74) is 0.683. The molecule has 1 aromatic heterocycles. The van der Waals surface area contributed by atoms with Gasteiger partial charge in [0.25, 0.3) is 0 Å². The average molecular weight is 296 g/mol. The van der Waals surface area contributed by atoms with Crippen molar-refractivity contribution in [1.82, 2.24) is 10.2 Å². The highest BCUT2D eigenvalue weighted by Crippen LogP contribution is 2.33. The van der Waals surface area contributed by atoms with Gasteiger partial charge in [0.05, 0.1) is 11.6 Å². The SMILES string of the molecule is CCOC(C)CN1C(=O)C(C)(CC)NC1c1ccsc1. The van der Waals surface area contributed by atoms with Crippen LogP contribution in [0.1, 0.15) is 45.8 Å². The zero-order valence-electron chi connectivity index (χ0n) is 12.7. The molecule has 112 valence electrons. The Labute approximate surface area is 125 Å². The summed E-state index contributed by atoms with van der Waals surface area (Å²) in [5.74, 6) is 0.169. The molecule has 3 unspecified atom stereocenters. The number of hydrogen-bond donors (Lipinski definition) is 1. The van der Waals surface area contributed by atoms with Crippen LogP contribution in [0.15, 0.2) is 16.8 Å². The van der Waals surface area contributed by atoms with Crippen molar-refractivity contribution < 1.29 is 9.53 Å². The maximum Gasteiger partial charge on any atom is 0.244 e. The van der Waals surface area contributed by atoms with Crippen LogP contribution >= 0.6 is 11.3 Å². The van der Waals surface area contributed by atoms with Gasteiger partial charge in [-0.25, -0.2) is 0 Å². The summed E-state index contributed by atoms with van der Waals surface area (Å²) in [6.45, 7) is 9.32. The summed E-state index contributed by atoms with van der Waals surface area (Å²) in [5, 5.41) is 7.64. The van der Waals surface area contributed by atoms with Gasteiger partial charge in [-0.05, 0) is 49.6 Å². The first-order valence-corrected chi connectivity index (χ1v) is 8.18. The van der Waals surface area contributed by atoms with E-state index in [1.54, 1.807) is 11.3 Å². The van der Waals surface area contributed by atoms with Crippen LogP contribution in [0.4, 0.5) is 0 Å². The largest absolute Gasteiger partial charge is 0.377 e. The molecule has 2 rings (SSSR count). The molecule has 0 spiro atoms. The first-order chi connectivity index (χ1) is 9.51. The van der Waals surface area contributed by atoms with Gasteiger partial charge in [0.15, 0.2) is 0 Å². The number of amides is 1. The van der Waals surface area contributed by atoms with Gasteiger partial charge < -0.3 is 9.64 Å². The van der Waals surface area contributed by atoms with Crippen LogP contribution in [0.5, 0.6) is 0 Å².